The number of nitrogens with one attached hydrogen (secondary N) is 1. The molecule has 134 valence electrons. The molecule has 25 heavy (non-hydrogen) atoms. The maximum Gasteiger partial charge on any atom is 0.227 e. The lowest BCUT2D eigenvalue weighted by molar-refractivity contribution is 0.270. The van der Waals surface area contributed by atoms with Gasteiger partial charge in [0.15, 0.2) is 0 Å². The van der Waals surface area contributed by atoms with E-state index in [1.54, 1.807) is 0 Å². The predicted octanol–water partition coefficient (Wildman–Crippen LogP) is 3.79. The number of anilines is 3. The van der Waals surface area contributed by atoms with Gasteiger partial charge in [-0.3, -0.25) is 0 Å². The van der Waals surface area contributed by atoms with Crippen molar-refractivity contribution in [3.8, 4) is 0 Å². The van der Waals surface area contributed by atoms with E-state index in [9.17, 15) is 0 Å². The molecular weight excluding hydrogens is 310 g/mol. The van der Waals surface area contributed by atoms with Gasteiger partial charge in [0.1, 0.15) is 5.82 Å². The van der Waals surface area contributed by atoms with Gasteiger partial charge in [0.05, 0.1) is 0 Å². The van der Waals surface area contributed by atoms with Gasteiger partial charge >= 0.3 is 0 Å². The molecule has 1 aliphatic rings. The molecule has 0 aliphatic carbocycles. The molecule has 3 rings (SSSR count). The Hall–Kier alpha value is -2.14. The number of piperazine rings is 1. The second kappa shape index (κ2) is 7.83. The fourth-order valence-corrected chi connectivity index (χ4v) is 3.30. The summed E-state index contributed by atoms with van der Waals surface area (Å²) in [6, 6.07) is 8.39. The Bertz CT molecular complexity index is 705. The average molecular weight is 339 g/mol. The number of benzene rings is 1. The molecule has 0 bridgehead atoms. The van der Waals surface area contributed by atoms with Gasteiger partial charge in [-0.15, -0.1) is 0 Å². The van der Waals surface area contributed by atoms with Crippen molar-refractivity contribution in [1.82, 2.24) is 14.9 Å². The quantitative estimate of drug-likeness (QED) is 0.898. The van der Waals surface area contributed by atoms with E-state index in [4.69, 9.17) is 4.98 Å². The van der Waals surface area contributed by atoms with Crippen molar-refractivity contribution in [2.45, 2.75) is 33.6 Å². The molecule has 0 atom stereocenters. The zero-order chi connectivity index (χ0) is 17.8. The number of nitrogens with zero attached hydrogens (tertiary/aromatic N) is 4. The molecule has 0 saturated carbocycles. The van der Waals surface area contributed by atoms with Gasteiger partial charge in [-0.1, -0.05) is 39.0 Å². The molecule has 0 amide bonds. The van der Waals surface area contributed by atoms with Crippen LogP contribution in [0.25, 0.3) is 0 Å². The number of rotatable bonds is 5. The van der Waals surface area contributed by atoms with Gasteiger partial charge in [0.2, 0.25) is 5.95 Å². The predicted molar refractivity (Wildman–Crippen MR) is 105 cm³/mol. The summed E-state index contributed by atoms with van der Waals surface area (Å²) in [7, 11) is 0. The third-order valence-corrected chi connectivity index (χ3v) is 4.93. The van der Waals surface area contributed by atoms with Gasteiger partial charge in [-0.25, -0.2) is 4.98 Å². The van der Waals surface area contributed by atoms with Gasteiger partial charge in [0, 0.05) is 38.1 Å². The van der Waals surface area contributed by atoms with Gasteiger partial charge in [-0.2, -0.15) is 4.98 Å². The first-order valence-electron chi connectivity index (χ1n) is 9.25. The number of aromatic nitrogens is 2. The number of aryl methyl sites for hydroxylation is 1. The summed E-state index contributed by atoms with van der Waals surface area (Å²) in [5, 5.41) is 3.53. The molecular formula is C20H29N5. The summed E-state index contributed by atoms with van der Waals surface area (Å²) < 4.78 is 0. The summed E-state index contributed by atoms with van der Waals surface area (Å²) in [5.74, 6) is 2.14. The zero-order valence-corrected chi connectivity index (χ0v) is 15.8. The van der Waals surface area contributed by atoms with E-state index in [-0.39, 0.29) is 0 Å². The first kappa shape index (κ1) is 17.7. The Labute approximate surface area is 151 Å². The molecule has 0 radical (unpaired) electrons. The molecule has 1 fully saturated rings. The fraction of sp³-hybridized carbons (Fsp3) is 0.500. The van der Waals surface area contributed by atoms with E-state index in [2.05, 4.69) is 66.0 Å². The van der Waals surface area contributed by atoms with Crippen LogP contribution in [-0.4, -0.2) is 47.6 Å². The Morgan fingerprint density at radius 2 is 1.88 bits per heavy atom. The van der Waals surface area contributed by atoms with Gasteiger partial charge in [0.25, 0.3) is 0 Å². The second-order valence-corrected chi connectivity index (χ2v) is 6.98. The molecule has 5 heteroatoms. The Kier molecular flexibility index (Phi) is 5.53. The number of hydrogen-bond acceptors (Lipinski definition) is 5. The maximum atomic E-state index is 4.77. The zero-order valence-electron chi connectivity index (χ0n) is 15.8. The molecule has 2 heterocycles. The third kappa shape index (κ3) is 4.10. The monoisotopic (exact) mass is 339 g/mol. The lowest BCUT2D eigenvalue weighted by atomic mass is 9.98. The summed E-state index contributed by atoms with van der Waals surface area (Å²) in [6.07, 6.45) is 1.85. The molecule has 0 spiro atoms. The first-order valence-corrected chi connectivity index (χ1v) is 9.25. The third-order valence-electron chi connectivity index (χ3n) is 4.93. The summed E-state index contributed by atoms with van der Waals surface area (Å²) >= 11 is 0. The highest BCUT2D eigenvalue weighted by Gasteiger charge is 2.18. The lowest BCUT2D eigenvalue weighted by Crippen LogP contribution is -2.46. The second-order valence-electron chi connectivity index (χ2n) is 6.98. The minimum absolute atomic E-state index is 0.464. The van der Waals surface area contributed by atoms with Crippen molar-refractivity contribution >= 4 is 17.5 Å². The van der Waals surface area contributed by atoms with Crippen LogP contribution in [-0.2, 0) is 0 Å². The van der Waals surface area contributed by atoms with Crippen LogP contribution in [0.4, 0.5) is 17.5 Å². The van der Waals surface area contributed by atoms with Crippen LogP contribution in [0.5, 0.6) is 0 Å². The van der Waals surface area contributed by atoms with E-state index in [0.717, 1.165) is 50.2 Å². The minimum Gasteiger partial charge on any atom is -0.340 e. The van der Waals surface area contributed by atoms with Crippen molar-refractivity contribution in [3.05, 3.63) is 41.6 Å². The van der Waals surface area contributed by atoms with Crippen molar-refractivity contribution in [2.75, 3.05) is 42.9 Å². The van der Waals surface area contributed by atoms with E-state index in [1.807, 2.05) is 12.3 Å². The van der Waals surface area contributed by atoms with E-state index < -0.39 is 0 Å². The van der Waals surface area contributed by atoms with Crippen molar-refractivity contribution in [3.63, 3.8) is 0 Å². The minimum atomic E-state index is 0.464. The topological polar surface area (TPSA) is 44.3 Å². The van der Waals surface area contributed by atoms with Crippen LogP contribution in [0.15, 0.2) is 30.5 Å². The molecule has 1 N–H and O–H groups in total. The number of hydrogen-bond donors (Lipinski definition) is 1. The summed E-state index contributed by atoms with van der Waals surface area (Å²) in [6.45, 7) is 14.0. The highest BCUT2D eigenvalue weighted by Crippen LogP contribution is 2.30. The smallest absolute Gasteiger partial charge is 0.227 e. The van der Waals surface area contributed by atoms with Gasteiger partial charge < -0.3 is 15.1 Å². The summed E-state index contributed by atoms with van der Waals surface area (Å²) in [5.41, 5.74) is 3.72. The molecule has 1 saturated heterocycles. The molecule has 1 aromatic carbocycles. The SMILES string of the molecule is CCN1CCN(c2nccc(Nc3c(C)cccc3C(C)C)n2)CC1. The maximum absolute atomic E-state index is 4.77. The average Bonchev–Trinajstić information content (AvgIpc) is 2.63. The van der Waals surface area contributed by atoms with Crippen molar-refractivity contribution in [1.29, 1.82) is 0 Å². The number of para-hydroxylation sites is 1. The molecule has 2 aromatic rings. The standard InChI is InChI=1S/C20H29N5/c1-5-24-11-13-25(14-12-24)20-21-10-9-18(23-20)22-19-16(4)7-6-8-17(19)15(2)3/h6-10,15H,5,11-14H2,1-4H3,(H,21,22,23). The van der Waals surface area contributed by atoms with Crippen LogP contribution < -0.4 is 10.2 Å². The highest BCUT2D eigenvalue weighted by molar-refractivity contribution is 5.66. The van der Waals surface area contributed by atoms with E-state index >= 15 is 0 Å². The Balaban J connectivity index is 1.79. The molecule has 1 aliphatic heterocycles. The Morgan fingerprint density at radius 3 is 2.56 bits per heavy atom. The first-order chi connectivity index (χ1) is 12.1. The Morgan fingerprint density at radius 1 is 1.12 bits per heavy atom. The van der Waals surface area contributed by atoms with Gasteiger partial charge in [-0.05, 0) is 36.6 Å². The number of likely N-dealkylation sites (N-methyl/N-ethyl adjacent to an activating group) is 1. The van der Waals surface area contributed by atoms with Crippen LogP contribution >= 0.6 is 0 Å². The summed E-state index contributed by atoms with van der Waals surface area (Å²) in [4.78, 5) is 14.0. The van der Waals surface area contributed by atoms with E-state index in [1.165, 1.54) is 11.1 Å². The molecule has 1 aromatic heterocycles. The van der Waals surface area contributed by atoms with Crippen LogP contribution in [0.1, 0.15) is 37.8 Å². The lowest BCUT2D eigenvalue weighted by Gasteiger charge is -2.34. The van der Waals surface area contributed by atoms with Crippen LogP contribution in [0.2, 0.25) is 0 Å². The molecule has 5 nitrogen and oxygen atoms in total. The normalized spacial score (nSPS) is 15.6. The largest absolute Gasteiger partial charge is 0.340 e. The molecule has 0 unspecified atom stereocenters. The van der Waals surface area contributed by atoms with Crippen molar-refractivity contribution < 1.29 is 0 Å². The fourth-order valence-electron chi connectivity index (χ4n) is 3.30. The van der Waals surface area contributed by atoms with E-state index in [0.29, 0.717) is 5.92 Å². The highest BCUT2D eigenvalue weighted by atomic mass is 15.3. The van der Waals surface area contributed by atoms with Crippen LogP contribution in [0.3, 0.4) is 0 Å². The van der Waals surface area contributed by atoms with Crippen LogP contribution in [0, 0.1) is 6.92 Å². The van der Waals surface area contributed by atoms with Crippen molar-refractivity contribution in [2.24, 2.45) is 0 Å².